The van der Waals surface area contributed by atoms with Gasteiger partial charge in [0.05, 0.1) is 36.6 Å². The van der Waals surface area contributed by atoms with Crippen LogP contribution in [0, 0.1) is 56.7 Å². The first-order valence-electron chi connectivity index (χ1n) is 22.8. The molecular weight excluding hydrogens is 663 g/mol. The second-order valence-electron chi connectivity index (χ2n) is 21.8. The summed E-state index contributed by atoms with van der Waals surface area (Å²) in [6, 6.07) is 0. The zero-order chi connectivity index (χ0) is 37.6. The molecule has 8 aliphatic rings. The fourth-order valence-corrected chi connectivity index (χ4v) is 16.1. The van der Waals surface area contributed by atoms with Crippen LogP contribution < -0.4 is 0 Å². The van der Waals surface area contributed by atoms with Crippen LogP contribution in [0.1, 0.15) is 158 Å². The van der Waals surface area contributed by atoms with Gasteiger partial charge in [0.25, 0.3) is 0 Å². The fourth-order valence-electron chi connectivity index (χ4n) is 16.1. The van der Waals surface area contributed by atoms with E-state index in [-0.39, 0.29) is 40.8 Å². The van der Waals surface area contributed by atoms with Crippen LogP contribution in [0.4, 0.5) is 0 Å². The highest BCUT2D eigenvalue weighted by Crippen LogP contribution is 2.89. The summed E-state index contributed by atoms with van der Waals surface area (Å²) in [4.78, 5) is 2.67. The van der Waals surface area contributed by atoms with E-state index in [2.05, 4.69) is 39.5 Å². The van der Waals surface area contributed by atoms with Gasteiger partial charge in [-0.05, 0) is 136 Å². The highest BCUT2D eigenvalue weighted by atomic mass is 16.7. The maximum atomic E-state index is 12.7. The quantitative estimate of drug-likeness (QED) is 0.258. The van der Waals surface area contributed by atoms with Crippen molar-refractivity contribution in [2.45, 2.75) is 201 Å². The summed E-state index contributed by atoms with van der Waals surface area (Å²) in [7, 11) is 0. The lowest BCUT2D eigenvalue weighted by atomic mass is 9.41. The Morgan fingerprint density at radius 1 is 0.887 bits per heavy atom. The standard InChI is InChI=1S/C46H79NO6/c1-9-50-40(42(5,6)49)32-26-30(2)37-38(52-32)39(48)44(8)34-19-18-33-41(3,4)35(20-21-45(33)29-46(34,45)23-22-43(37,44)7)53-36-28-47(24-25-51-36)27-31-16-14-12-10-11-13-15-17-31/h30-40,48-49H,9-29H2,1-8H3. The summed E-state index contributed by atoms with van der Waals surface area (Å²) in [5.74, 6) is 2.71. The van der Waals surface area contributed by atoms with Crippen molar-refractivity contribution in [1.29, 1.82) is 0 Å². The van der Waals surface area contributed by atoms with Crippen molar-refractivity contribution in [3.05, 3.63) is 0 Å². The molecule has 2 spiro atoms. The number of aliphatic hydroxyl groups excluding tert-OH is 1. The van der Waals surface area contributed by atoms with Gasteiger partial charge in [-0.1, -0.05) is 73.1 Å². The largest absolute Gasteiger partial charge is 0.390 e. The number of rotatable bonds is 8. The van der Waals surface area contributed by atoms with Gasteiger partial charge in [-0.2, -0.15) is 0 Å². The Hall–Kier alpha value is -0.280. The monoisotopic (exact) mass is 742 g/mol. The van der Waals surface area contributed by atoms with Crippen molar-refractivity contribution in [2.75, 3.05) is 32.8 Å². The molecule has 2 aliphatic heterocycles. The van der Waals surface area contributed by atoms with E-state index in [0.717, 1.165) is 38.5 Å². The molecule has 2 N–H and O–H groups in total. The molecule has 2 heterocycles. The lowest BCUT2D eigenvalue weighted by Gasteiger charge is -2.64. The minimum Gasteiger partial charge on any atom is -0.390 e. The number of nitrogens with zero attached hydrogens (tertiary/aromatic N) is 1. The Morgan fingerprint density at radius 3 is 2.26 bits per heavy atom. The Labute approximate surface area is 323 Å². The zero-order valence-corrected chi connectivity index (χ0v) is 35.2. The smallest absolute Gasteiger partial charge is 0.170 e. The van der Waals surface area contributed by atoms with E-state index in [1.165, 1.54) is 96.4 Å². The topological polar surface area (TPSA) is 80.6 Å². The molecule has 14 unspecified atom stereocenters. The predicted octanol–water partition coefficient (Wildman–Crippen LogP) is 8.77. The average molecular weight is 742 g/mol. The van der Waals surface area contributed by atoms with E-state index in [4.69, 9.17) is 18.9 Å². The van der Waals surface area contributed by atoms with E-state index in [0.29, 0.717) is 41.1 Å². The van der Waals surface area contributed by atoms with E-state index < -0.39 is 17.8 Å². The van der Waals surface area contributed by atoms with Crippen LogP contribution in [-0.4, -0.2) is 90.4 Å². The van der Waals surface area contributed by atoms with Crippen molar-refractivity contribution in [3.8, 4) is 0 Å². The summed E-state index contributed by atoms with van der Waals surface area (Å²) in [5.41, 5.74) is -0.399. The molecular formula is C46H79NO6. The summed E-state index contributed by atoms with van der Waals surface area (Å²) >= 11 is 0. The van der Waals surface area contributed by atoms with Gasteiger partial charge < -0.3 is 29.2 Å². The molecule has 0 aromatic carbocycles. The van der Waals surface area contributed by atoms with Gasteiger partial charge in [0.1, 0.15) is 6.10 Å². The molecule has 2 saturated heterocycles. The summed E-state index contributed by atoms with van der Waals surface area (Å²) < 4.78 is 26.6. The predicted molar refractivity (Wildman–Crippen MR) is 209 cm³/mol. The van der Waals surface area contributed by atoms with Crippen molar-refractivity contribution < 1.29 is 29.2 Å². The van der Waals surface area contributed by atoms with E-state index in [1.807, 2.05) is 20.8 Å². The first-order valence-corrected chi connectivity index (χ1v) is 22.8. The average Bonchev–Trinajstić information content (AvgIpc) is 3.69. The minimum atomic E-state index is -1.01. The molecule has 0 bridgehead atoms. The van der Waals surface area contributed by atoms with Crippen LogP contribution in [0.25, 0.3) is 0 Å². The van der Waals surface area contributed by atoms with Crippen LogP contribution in [0.15, 0.2) is 0 Å². The molecule has 6 saturated carbocycles. The van der Waals surface area contributed by atoms with Crippen LogP contribution in [0.3, 0.4) is 0 Å². The molecule has 304 valence electrons. The second-order valence-corrected chi connectivity index (χ2v) is 21.8. The molecule has 8 rings (SSSR count). The number of hydrogen-bond donors (Lipinski definition) is 2. The third kappa shape index (κ3) is 6.19. The maximum Gasteiger partial charge on any atom is 0.170 e. The highest BCUT2D eigenvalue weighted by molar-refractivity contribution is 5.33. The molecule has 0 amide bonds. The van der Waals surface area contributed by atoms with Crippen molar-refractivity contribution in [2.24, 2.45) is 56.7 Å². The number of morpholine rings is 1. The lowest BCUT2D eigenvalue weighted by Crippen LogP contribution is -2.60. The molecule has 0 radical (unpaired) electrons. The van der Waals surface area contributed by atoms with Crippen LogP contribution in [0.5, 0.6) is 0 Å². The third-order valence-electron chi connectivity index (χ3n) is 18.6. The fraction of sp³-hybridized carbons (Fsp3) is 1.00. The Bertz CT molecular complexity index is 1290. The molecule has 53 heavy (non-hydrogen) atoms. The van der Waals surface area contributed by atoms with Gasteiger partial charge >= 0.3 is 0 Å². The van der Waals surface area contributed by atoms with Crippen molar-refractivity contribution in [3.63, 3.8) is 0 Å². The number of ether oxygens (including phenoxy) is 4. The van der Waals surface area contributed by atoms with Crippen molar-refractivity contribution in [1.82, 2.24) is 4.90 Å². The second kappa shape index (κ2) is 14.2. The van der Waals surface area contributed by atoms with Gasteiger partial charge in [0.2, 0.25) is 0 Å². The van der Waals surface area contributed by atoms with E-state index in [9.17, 15) is 10.2 Å². The van der Waals surface area contributed by atoms with Gasteiger partial charge in [-0.25, -0.2) is 0 Å². The molecule has 7 nitrogen and oxygen atoms in total. The molecule has 14 atom stereocenters. The van der Waals surface area contributed by atoms with Crippen LogP contribution in [-0.2, 0) is 18.9 Å². The summed E-state index contributed by atoms with van der Waals surface area (Å²) in [6.07, 6.45) is 19.6. The van der Waals surface area contributed by atoms with Gasteiger partial charge in [0, 0.05) is 31.7 Å². The molecule has 0 aromatic rings. The first-order chi connectivity index (χ1) is 25.1. The lowest BCUT2D eigenvalue weighted by molar-refractivity contribution is -0.249. The minimum absolute atomic E-state index is 0.0269. The number of hydrogen-bond acceptors (Lipinski definition) is 7. The van der Waals surface area contributed by atoms with Crippen LogP contribution in [0.2, 0.25) is 0 Å². The molecule has 7 heteroatoms. The molecule has 8 fully saturated rings. The van der Waals surface area contributed by atoms with Crippen LogP contribution >= 0.6 is 0 Å². The van der Waals surface area contributed by atoms with Gasteiger partial charge in [0.15, 0.2) is 6.29 Å². The van der Waals surface area contributed by atoms with E-state index >= 15 is 0 Å². The normalized spacial score (nSPS) is 49.6. The zero-order valence-electron chi connectivity index (χ0n) is 35.2. The Balaban J connectivity index is 0.963. The SMILES string of the molecule is CCOC(C1CC(C)C2C(O1)C(O)C1(C)C3CCC4C(C)(C)C(OC5CN(CC6CCCCCCCC6)CCO5)CCC45CC35CCC21C)C(C)(C)O. The Kier molecular flexibility index (Phi) is 10.6. The van der Waals surface area contributed by atoms with Crippen molar-refractivity contribution >= 4 is 0 Å². The van der Waals surface area contributed by atoms with Gasteiger partial charge in [-0.3, -0.25) is 4.90 Å². The Morgan fingerprint density at radius 2 is 1.57 bits per heavy atom. The highest BCUT2D eigenvalue weighted by Gasteiger charge is 2.84. The summed E-state index contributed by atoms with van der Waals surface area (Å²) in [5, 5.41) is 23.8. The molecule has 6 aliphatic carbocycles. The molecule has 0 aromatic heterocycles. The number of fused-ring (bicyclic) bond motifs is 4. The summed E-state index contributed by atoms with van der Waals surface area (Å²) in [6.45, 7) is 22.7. The maximum absolute atomic E-state index is 12.7. The number of aliphatic hydroxyl groups is 2. The third-order valence-corrected chi connectivity index (χ3v) is 18.6. The first kappa shape index (κ1) is 39.5. The van der Waals surface area contributed by atoms with Gasteiger partial charge in [-0.15, -0.1) is 0 Å². The van der Waals surface area contributed by atoms with E-state index in [1.54, 1.807) is 0 Å².